The van der Waals surface area contributed by atoms with Crippen LogP contribution in [0.4, 0.5) is 5.95 Å². The van der Waals surface area contributed by atoms with Crippen LogP contribution < -0.4 is 5.32 Å². The molecule has 19 heavy (non-hydrogen) atoms. The average molecular weight is 261 g/mol. The van der Waals surface area contributed by atoms with Crippen LogP contribution in [0.3, 0.4) is 0 Å². The molecule has 0 aromatic carbocycles. The molecule has 0 fully saturated rings. The van der Waals surface area contributed by atoms with E-state index in [1.165, 1.54) is 5.69 Å². The summed E-state index contributed by atoms with van der Waals surface area (Å²) in [6.07, 6.45) is 4.90. The Labute approximate surface area is 114 Å². The van der Waals surface area contributed by atoms with Crippen LogP contribution in [-0.4, -0.2) is 25.9 Å². The van der Waals surface area contributed by atoms with Gasteiger partial charge in [-0.3, -0.25) is 4.68 Å². The maximum atomic E-state index is 4.53. The summed E-state index contributed by atoms with van der Waals surface area (Å²) < 4.78 is 4.11. The Morgan fingerprint density at radius 2 is 2.16 bits per heavy atom. The zero-order chi connectivity index (χ0) is 13.8. The van der Waals surface area contributed by atoms with E-state index in [1.807, 2.05) is 24.9 Å². The van der Waals surface area contributed by atoms with Gasteiger partial charge in [-0.15, -0.1) is 0 Å². The van der Waals surface area contributed by atoms with Gasteiger partial charge in [0.25, 0.3) is 0 Å². The summed E-state index contributed by atoms with van der Waals surface area (Å²) in [7, 11) is 1.98. The summed E-state index contributed by atoms with van der Waals surface area (Å²) in [6.45, 7) is 8.29. The largest absolute Gasteiger partial charge is 0.355 e. The van der Waals surface area contributed by atoms with Crippen LogP contribution in [0.2, 0.25) is 0 Å². The van der Waals surface area contributed by atoms with Gasteiger partial charge in [0.15, 0.2) is 0 Å². The third-order valence-electron chi connectivity index (χ3n) is 3.10. The molecule has 0 saturated heterocycles. The van der Waals surface area contributed by atoms with Crippen molar-refractivity contribution < 1.29 is 0 Å². The zero-order valence-electron chi connectivity index (χ0n) is 12.2. The second-order valence-electron chi connectivity index (χ2n) is 5.37. The fourth-order valence-corrected chi connectivity index (χ4v) is 2.04. The minimum Gasteiger partial charge on any atom is -0.355 e. The Balaban J connectivity index is 2.01. The number of anilines is 1. The van der Waals surface area contributed by atoms with E-state index in [-0.39, 0.29) is 0 Å². The number of nitrogens with one attached hydrogen (secondary N) is 1. The lowest BCUT2D eigenvalue weighted by Crippen LogP contribution is -2.14. The van der Waals surface area contributed by atoms with Crippen molar-refractivity contribution in [3.8, 4) is 0 Å². The monoisotopic (exact) mass is 261 g/mol. The van der Waals surface area contributed by atoms with Crippen LogP contribution >= 0.6 is 0 Å². The molecular weight excluding hydrogens is 238 g/mol. The fourth-order valence-electron chi connectivity index (χ4n) is 2.04. The fraction of sp³-hybridized carbons (Fsp3) is 0.571. The van der Waals surface area contributed by atoms with Gasteiger partial charge in [0.2, 0.25) is 5.95 Å². The molecule has 0 bridgehead atoms. The number of nitrogens with zero attached hydrogens (tertiary/aromatic N) is 4. The quantitative estimate of drug-likeness (QED) is 0.867. The van der Waals surface area contributed by atoms with Gasteiger partial charge in [-0.25, -0.2) is 4.98 Å². The van der Waals surface area contributed by atoms with Crippen molar-refractivity contribution in [3.05, 3.63) is 29.8 Å². The first-order valence-electron chi connectivity index (χ1n) is 6.81. The molecule has 2 rings (SSSR count). The number of hydrogen-bond donors (Lipinski definition) is 1. The highest BCUT2D eigenvalue weighted by atomic mass is 15.3. The molecule has 1 N–H and O–H groups in total. The third kappa shape index (κ3) is 3.59. The summed E-state index contributed by atoms with van der Waals surface area (Å²) >= 11 is 0. The summed E-state index contributed by atoms with van der Waals surface area (Å²) in [6, 6.07) is 2.06. The molecule has 2 aromatic rings. The minimum absolute atomic E-state index is 0.613. The van der Waals surface area contributed by atoms with Crippen LogP contribution in [-0.2, 0) is 20.0 Å². The van der Waals surface area contributed by atoms with Gasteiger partial charge in [0.05, 0.1) is 5.69 Å². The number of imidazole rings is 1. The first kappa shape index (κ1) is 13.6. The van der Waals surface area contributed by atoms with E-state index in [4.69, 9.17) is 0 Å². The van der Waals surface area contributed by atoms with E-state index in [0.29, 0.717) is 5.92 Å². The van der Waals surface area contributed by atoms with Gasteiger partial charge in [-0.1, -0.05) is 13.8 Å². The van der Waals surface area contributed by atoms with Crippen LogP contribution in [0.15, 0.2) is 18.5 Å². The summed E-state index contributed by atoms with van der Waals surface area (Å²) in [5.74, 6) is 1.58. The van der Waals surface area contributed by atoms with Gasteiger partial charge in [-0.05, 0) is 18.9 Å². The van der Waals surface area contributed by atoms with Crippen molar-refractivity contribution in [2.45, 2.75) is 33.7 Å². The number of aryl methyl sites for hydroxylation is 4. The van der Waals surface area contributed by atoms with E-state index < -0.39 is 0 Å². The molecule has 0 aliphatic rings. The number of hydrogen-bond acceptors (Lipinski definition) is 3. The smallest absolute Gasteiger partial charge is 0.203 e. The Morgan fingerprint density at radius 3 is 2.79 bits per heavy atom. The molecule has 0 spiro atoms. The van der Waals surface area contributed by atoms with Crippen molar-refractivity contribution in [3.63, 3.8) is 0 Å². The zero-order valence-corrected chi connectivity index (χ0v) is 12.2. The molecule has 2 heterocycles. The summed E-state index contributed by atoms with van der Waals surface area (Å²) in [4.78, 5) is 4.53. The van der Waals surface area contributed by atoms with Crippen LogP contribution in [0.1, 0.15) is 25.2 Å². The summed E-state index contributed by atoms with van der Waals surface area (Å²) in [5, 5.41) is 7.60. The molecule has 104 valence electrons. The molecule has 0 atom stereocenters. The molecule has 2 aromatic heterocycles. The maximum Gasteiger partial charge on any atom is 0.203 e. The highest BCUT2D eigenvalue weighted by molar-refractivity contribution is 5.28. The van der Waals surface area contributed by atoms with Crippen LogP contribution in [0.25, 0.3) is 0 Å². The van der Waals surface area contributed by atoms with Gasteiger partial charge in [0, 0.05) is 44.6 Å². The molecule has 0 unspecified atom stereocenters. The van der Waals surface area contributed by atoms with Crippen molar-refractivity contribution in [2.24, 2.45) is 13.0 Å². The lowest BCUT2D eigenvalue weighted by atomic mass is 10.2. The highest BCUT2D eigenvalue weighted by Crippen LogP contribution is 2.11. The van der Waals surface area contributed by atoms with Crippen LogP contribution in [0.5, 0.6) is 0 Å². The Hall–Kier alpha value is -1.78. The van der Waals surface area contributed by atoms with Crippen LogP contribution in [0, 0.1) is 12.8 Å². The average Bonchev–Trinajstić information content (AvgIpc) is 2.90. The summed E-state index contributed by atoms with van der Waals surface area (Å²) in [5.41, 5.74) is 2.29. The topological polar surface area (TPSA) is 47.7 Å². The maximum absolute atomic E-state index is 4.53. The van der Waals surface area contributed by atoms with Crippen molar-refractivity contribution in [2.75, 3.05) is 11.9 Å². The Kier molecular flexibility index (Phi) is 4.24. The Bertz CT molecular complexity index is 524. The van der Waals surface area contributed by atoms with Gasteiger partial charge in [-0.2, -0.15) is 5.10 Å². The lowest BCUT2D eigenvalue weighted by molar-refractivity contribution is 0.630. The number of rotatable bonds is 6. The standard InChI is InChI=1S/C14H23N5/c1-11(2)9-15-14-17-12(3)10-19(14)8-6-13-5-7-16-18(13)4/h5,7,10-11H,6,8-9H2,1-4H3,(H,15,17). The SMILES string of the molecule is Cc1cn(CCc2ccnn2C)c(NCC(C)C)n1. The minimum atomic E-state index is 0.613. The molecule has 0 saturated carbocycles. The normalized spacial score (nSPS) is 11.2. The van der Waals surface area contributed by atoms with E-state index >= 15 is 0 Å². The highest BCUT2D eigenvalue weighted by Gasteiger charge is 2.07. The lowest BCUT2D eigenvalue weighted by Gasteiger charge is -2.11. The molecular formula is C14H23N5. The second-order valence-corrected chi connectivity index (χ2v) is 5.37. The Morgan fingerprint density at radius 1 is 1.37 bits per heavy atom. The van der Waals surface area contributed by atoms with E-state index in [9.17, 15) is 0 Å². The molecule has 0 aliphatic heterocycles. The molecule has 0 amide bonds. The first-order valence-corrected chi connectivity index (χ1v) is 6.81. The van der Waals surface area contributed by atoms with E-state index in [0.717, 1.165) is 31.2 Å². The van der Waals surface area contributed by atoms with Crippen molar-refractivity contribution in [1.29, 1.82) is 0 Å². The van der Waals surface area contributed by atoms with Crippen molar-refractivity contribution in [1.82, 2.24) is 19.3 Å². The van der Waals surface area contributed by atoms with Gasteiger partial charge in [0.1, 0.15) is 0 Å². The van der Waals surface area contributed by atoms with Crippen molar-refractivity contribution >= 4 is 5.95 Å². The molecule has 5 heteroatoms. The molecule has 0 radical (unpaired) electrons. The molecule has 5 nitrogen and oxygen atoms in total. The van der Waals surface area contributed by atoms with E-state index in [2.05, 4.69) is 46.1 Å². The predicted octanol–water partition coefficient (Wildman–Crippen LogP) is 2.24. The molecule has 0 aliphatic carbocycles. The predicted molar refractivity (Wildman–Crippen MR) is 77.2 cm³/mol. The number of aromatic nitrogens is 4. The van der Waals surface area contributed by atoms with Gasteiger partial charge < -0.3 is 9.88 Å². The first-order chi connectivity index (χ1) is 9.06. The van der Waals surface area contributed by atoms with Gasteiger partial charge >= 0.3 is 0 Å². The van der Waals surface area contributed by atoms with E-state index in [1.54, 1.807) is 0 Å². The third-order valence-corrected chi connectivity index (χ3v) is 3.10. The second kappa shape index (κ2) is 5.91.